The number of alkyl halides is 1. The van der Waals surface area contributed by atoms with Crippen molar-refractivity contribution in [3.63, 3.8) is 0 Å². The molecule has 0 fully saturated rings. The topological polar surface area (TPSA) is 26.0 Å². The molecule has 0 amide bonds. The van der Waals surface area contributed by atoms with Crippen molar-refractivity contribution in [1.29, 1.82) is 0 Å². The predicted octanol–water partition coefficient (Wildman–Crippen LogP) is -0.468. The zero-order valence-electron chi connectivity index (χ0n) is 4.11. The summed E-state index contributed by atoms with van der Waals surface area (Å²) in [4.78, 5) is 0. The average Bonchev–Trinajstić information content (AvgIpc) is 1.36. The number of nitrogens with two attached hydrogens (primary N) is 1. The quantitative estimate of drug-likeness (QED) is 0.354. The molecule has 2 unspecified atom stereocenters. The minimum atomic E-state index is 0.102. The molecule has 2 atom stereocenters. The second kappa shape index (κ2) is 2.48. The Bertz CT molecular complexity index is 31.8. The first kappa shape index (κ1) is 6.31. The van der Waals surface area contributed by atoms with Gasteiger partial charge in [0.1, 0.15) is 7.85 Å². The van der Waals surface area contributed by atoms with Crippen LogP contribution in [0.1, 0.15) is 6.92 Å². The zero-order valence-corrected chi connectivity index (χ0v) is 4.87. The van der Waals surface area contributed by atoms with Crippen LogP contribution in [0.15, 0.2) is 0 Å². The summed E-state index contributed by atoms with van der Waals surface area (Å²) in [6.45, 7) is 1.88. The summed E-state index contributed by atoms with van der Waals surface area (Å²) in [6.07, 6.45) is 0. The van der Waals surface area contributed by atoms with Gasteiger partial charge in [0.2, 0.25) is 0 Å². The number of rotatable bonds is 1. The lowest BCUT2D eigenvalue weighted by Gasteiger charge is -2.03. The third-order valence-corrected chi connectivity index (χ3v) is 1.12. The summed E-state index contributed by atoms with van der Waals surface area (Å²) in [5, 5.41) is 0.102. The van der Waals surface area contributed by atoms with E-state index in [9.17, 15) is 0 Å². The van der Waals surface area contributed by atoms with Crippen LogP contribution in [-0.4, -0.2) is 19.2 Å². The predicted molar refractivity (Wildman–Crippen MR) is 31.8 cm³/mol. The van der Waals surface area contributed by atoms with Gasteiger partial charge >= 0.3 is 0 Å². The summed E-state index contributed by atoms with van der Waals surface area (Å²) >= 11 is 5.49. The average molecular weight is 105 g/mol. The van der Waals surface area contributed by atoms with Gasteiger partial charge in [-0.25, -0.2) is 0 Å². The Kier molecular flexibility index (Phi) is 2.61. The molecule has 0 saturated heterocycles. The highest BCUT2D eigenvalue weighted by Gasteiger charge is 1.98. The third kappa shape index (κ3) is 2.55. The molecule has 0 heterocycles. The van der Waals surface area contributed by atoms with Crippen molar-refractivity contribution < 1.29 is 0 Å². The Hall–Kier alpha value is 0.315. The molecule has 0 rings (SSSR count). The SMILES string of the molecule is BC(N)C(C)Cl. The Balaban J connectivity index is 2.99. The standard InChI is InChI=1S/C3H9BClN/c1-2(5)3(4)6/h2-3H,4,6H2,1H3. The first-order valence-corrected chi connectivity index (χ1v) is 2.48. The van der Waals surface area contributed by atoms with E-state index in [4.69, 9.17) is 17.3 Å². The van der Waals surface area contributed by atoms with Gasteiger partial charge in [-0.2, -0.15) is 0 Å². The van der Waals surface area contributed by atoms with E-state index < -0.39 is 0 Å². The molecule has 0 aliphatic carbocycles. The largest absolute Gasteiger partial charge is 0.334 e. The summed E-state index contributed by atoms with van der Waals surface area (Å²) in [5.41, 5.74) is 5.30. The first-order valence-electron chi connectivity index (χ1n) is 2.04. The molecule has 36 valence electrons. The molecule has 0 saturated carbocycles. The smallest absolute Gasteiger partial charge is 0.125 e. The maximum atomic E-state index is 5.49. The summed E-state index contributed by atoms with van der Waals surface area (Å²) in [6, 6.07) is 0. The van der Waals surface area contributed by atoms with E-state index in [2.05, 4.69) is 0 Å². The van der Waals surface area contributed by atoms with Crippen LogP contribution in [0.25, 0.3) is 0 Å². The van der Waals surface area contributed by atoms with Crippen LogP contribution in [0.3, 0.4) is 0 Å². The molecule has 0 aromatic heterocycles. The Morgan fingerprint density at radius 2 is 2.00 bits per heavy atom. The fourth-order valence-corrected chi connectivity index (χ4v) is 0. The van der Waals surface area contributed by atoms with Crippen molar-refractivity contribution in [2.45, 2.75) is 18.2 Å². The van der Waals surface area contributed by atoms with Crippen LogP contribution in [0.5, 0.6) is 0 Å². The van der Waals surface area contributed by atoms with Crippen molar-refractivity contribution in [3.05, 3.63) is 0 Å². The van der Waals surface area contributed by atoms with Crippen LogP contribution in [0, 0.1) is 0 Å². The summed E-state index contributed by atoms with van der Waals surface area (Å²) < 4.78 is 0. The molecule has 0 spiro atoms. The van der Waals surface area contributed by atoms with Crippen molar-refractivity contribution in [2.75, 3.05) is 0 Å². The minimum Gasteiger partial charge on any atom is -0.334 e. The van der Waals surface area contributed by atoms with Gasteiger partial charge < -0.3 is 5.73 Å². The van der Waals surface area contributed by atoms with Gasteiger partial charge in [-0.05, 0) is 12.9 Å². The Labute approximate surface area is 44.3 Å². The van der Waals surface area contributed by atoms with Gasteiger partial charge in [-0.3, -0.25) is 0 Å². The lowest BCUT2D eigenvalue weighted by atomic mass is 9.95. The van der Waals surface area contributed by atoms with Crippen molar-refractivity contribution in [3.8, 4) is 0 Å². The fraction of sp³-hybridized carbons (Fsp3) is 1.00. The van der Waals surface area contributed by atoms with Gasteiger partial charge in [-0.15, -0.1) is 11.6 Å². The highest BCUT2D eigenvalue weighted by Crippen LogP contribution is 1.92. The van der Waals surface area contributed by atoms with E-state index in [1.165, 1.54) is 0 Å². The van der Waals surface area contributed by atoms with Crippen molar-refractivity contribution >= 4 is 19.4 Å². The van der Waals surface area contributed by atoms with E-state index in [1.54, 1.807) is 0 Å². The van der Waals surface area contributed by atoms with Gasteiger partial charge in [0.15, 0.2) is 0 Å². The fourth-order valence-electron chi connectivity index (χ4n) is 0. The maximum Gasteiger partial charge on any atom is 0.125 e. The van der Waals surface area contributed by atoms with Crippen LogP contribution < -0.4 is 5.73 Å². The molecular formula is C3H9BClN. The normalized spacial score (nSPS) is 19.8. The molecule has 0 bridgehead atoms. The van der Waals surface area contributed by atoms with Crippen LogP contribution in [0.4, 0.5) is 0 Å². The van der Waals surface area contributed by atoms with Crippen molar-refractivity contribution in [2.24, 2.45) is 5.73 Å². The molecule has 0 aromatic carbocycles. The summed E-state index contributed by atoms with van der Waals surface area (Å²) in [5.74, 6) is 0.117. The lowest BCUT2D eigenvalue weighted by molar-refractivity contribution is 0.865. The van der Waals surface area contributed by atoms with Gasteiger partial charge in [-0.1, -0.05) is 0 Å². The number of halogens is 1. The third-order valence-electron chi connectivity index (χ3n) is 0.725. The van der Waals surface area contributed by atoms with E-state index in [0.29, 0.717) is 0 Å². The monoisotopic (exact) mass is 105 g/mol. The second-order valence-corrected chi connectivity index (χ2v) is 2.23. The maximum absolute atomic E-state index is 5.49. The van der Waals surface area contributed by atoms with E-state index in [0.717, 1.165) is 0 Å². The highest BCUT2D eigenvalue weighted by molar-refractivity contribution is 6.26. The Morgan fingerprint density at radius 1 is 1.83 bits per heavy atom. The first-order chi connectivity index (χ1) is 2.64. The lowest BCUT2D eigenvalue weighted by Crippen LogP contribution is -2.28. The number of hydrogen-bond donors (Lipinski definition) is 1. The van der Waals surface area contributed by atoms with E-state index in [1.807, 2.05) is 14.8 Å². The zero-order chi connectivity index (χ0) is 5.15. The molecule has 6 heavy (non-hydrogen) atoms. The second-order valence-electron chi connectivity index (χ2n) is 1.54. The molecule has 1 nitrogen and oxygen atoms in total. The molecule has 0 aliphatic heterocycles. The van der Waals surface area contributed by atoms with Crippen LogP contribution in [0.2, 0.25) is 0 Å². The van der Waals surface area contributed by atoms with E-state index in [-0.39, 0.29) is 11.3 Å². The molecule has 0 aromatic rings. The molecule has 3 heteroatoms. The summed E-state index contributed by atoms with van der Waals surface area (Å²) in [7, 11) is 1.89. The van der Waals surface area contributed by atoms with Gasteiger partial charge in [0, 0.05) is 5.38 Å². The molecule has 2 N–H and O–H groups in total. The number of hydrogen-bond acceptors (Lipinski definition) is 1. The molecule has 0 radical (unpaired) electrons. The van der Waals surface area contributed by atoms with E-state index >= 15 is 0 Å². The van der Waals surface area contributed by atoms with Gasteiger partial charge in [0.05, 0.1) is 0 Å². The highest BCUT2D eigenvalue weighted by atomic mass is 35.5. The van der Waals surface area contributed by atoms with Crippen molar-refractivity contribution in [1.82, 2.24) is 0 Å². The molecule has 0 aliphatic rings. The van der Waals surface area contributed by atoms with Crippen LogP contribution >= 0.6 is 11.6 Å². The molecular weight excluding hydrogens is 96.3 g/mol. The Morgan fingerprint density at radius 3 is 2.00 bits per heavy atom. The van der Waals surface area contributed by atoms with Gasteiger partial charge in [0.25, 0.3) is 0 Å². The van der Waals surface area contributed by atoms with Crippen LogP contribution in [-0.2, 0) is 0 Å². The minimum absolute atomic E-state index is 0.102.